The predicted octanol–water partition coefficient (Wildman–Crippen LogP) is 0.627. The molecule has 0 saturated carbocycles. The molecule has 2 N–H and O–H groups in total. The van der Waals surface area contributed by atoms with Gasteiger partial charge in [-0.2, -0.15) is 11.8 Å². The summed E-state index contributed by atoms with van der Waals surface area (Å²) in [6.07, 6.45) is 3.15. The van der Waals surface area contributed by atoms with Gasteiger partial charge in [-0.25, -0.2) is 4.99 Å². The minimum atomic E-state index is 0. The van der Waals surface area contributed by atoms with Gasteiger partial charge in [-0.05, 0) is 12.7 Å². The first-order valence-corrected chi connectivity index (χ1v) is 8.32. The molecule has 0 bridgehead atoms. The van der Waals surface area contributed by atoms with Gasteiger partial charge < -0.3 is 20.3 Å². The minimum absolute atomic E-state index is 0. The molecule has 21 heavy (non-hydrogen) atoms. The van der Waals surface area contributed by atoms with Crippen molar-refractivity contribution >= 4 is 47.6 Å². The topological polar surface area (TPSA) is 66.0 Å². The fraction of sp³-hybridized carbons (Fsp3) is 0.846. The molecule has 1 saturated heterocycles. The molecule has 6 nitrogen and oxygen atoms in total. The van der Waals surface area contributed by atoms with Crippen molar-refractivity contribution in [3.8, 4) is 0 Å². The highest BCUT2D eigenvalue weighted by atomic mass is 127. The maximum Gasteiger partial charge on any atom is 0.243 e. The molecule has 1 atom stereocenters. The first-order valence-electron chi connectivity index (χ1n) is 6.92. The van der Waals surface area contributed by atoms with Crippen LogP contribution in [-0.4, -0.2) is 75.7 Å². The van der Waals surface area contributed by atoms with Crippen molar-refractivity contribution < 1.29 is 9.53 Å². The highest BCUT2D eigenvalue weighted by Gasteiger charge is 2.15. The van der Waals surface area contributed by atoms with Crippen LogP contribution < -0.4 is 10.6 Å². The zero-order valence-corrected chi connectivity index (χ0v) is 16.2. The number of thioether (sulfide) groups is 1. The number of nitrogens with zero attached hydrogens (tertiary/aromatic N) is 2. The van der Waals surface area contributed by atoms with Gasteiger partial charge in [-0.15, -0.1) is 24.0 Å². The lowest BCUT2D eigenvalue weighted by molar-refractivity contribution is -0.127. The zero-order valence-electron chi connectivity index (χ0n) is 13.1. The molecule has 0 spiro atoms. The van der Waals surface area contributed by atoms with Crippen molar-refractivity contribution in [2.45, 2.75) is 6.42 Å². The number of nitrogens with one attached hydrogen (secondary N) is 2. The number of aliphatic imine (C=N–C) groups is 1. The number of amides is 1. The SMILES string of the molecule is CSCCNC(=NCC(=O)N(C)C)NCC1CCOC1.I. The third-order valence-corrected chi connectivity index (χ3v) is 3.66. The van der Waals surface area contributed by atoms with Crippen molar-refractivity contribution in [3.05, 3.63) is 0 Å². The zero-order chi connectivity index (χ0) is 14.8. The highest BCUT2D eigenvalue weighted by molar-refractivity contribution is 14.0. The largest absolute Gasteiger partial charge is 0.381 e. The van der Waals surface area contributed by atoms with Crippen LogP contribution in [0.1, 0.15) is 6.42 Å². The van der Waals surface area contributed by atoms with Gasteiger partial charge in [0, 0.05) is 45.5 Å². The van der Waals surface area contributed by atoms with E-state index in [1.165, 1.54) is 0 Å². The van der Waals surface area contributed by atoms with Crippen LogP contribution in [0.15, 0.2) is 4.99 Å². The number of carbonyl (C=O) groups excluding carboxylic acids is 1. The summed E-state index contributed by atoms with van der Waals surface area (Å²) in [5, 5.41) is 6.54. The van der Waals surface area contributed by atoms with Crippen LogP contribution in [-0.2, 0) is 9.53 Å². The van der Waals surface area contributed by atoms with E-state index in [-0.39, 0.29) is 36.4 Å². The smallest absolute Gasteiger partial charge is 0.243 e. The van der Waals surface area contributed by atoms with E-state index in [9.17, 15) is 4.79 Å². The van der Waals surface area contributed by atoms with Gasteiger partial charge in [0.15, 0.2) is 5.96 Å². The molecule has 1 fully saturated rings. The van der Waals surface area contributed by atoms with Crippen molar-refractivity contribution in [1.29, 1.82) is 0 Å². The Morgan fingerprint density at radius 1 is 1.43 bits per heavy atom. The molecule has 0 aromatic rings. The number of hydrogen-bond acceptors (Lipinski definition) is 4. The first kappa shape index (κ1) is 20.8. The molecule has 1 amide bonds. The van der Waals surface area contributed by atoms with Crippen molar-refractivity contribution in [1.82, 2.24) is 15.5 Å². The maximum atomic E-state index is 11.6. The number of rotatable bonds is 7. The monoisotopic (exact) mass is 430 g/mol. The normalized spacial score (nSPS) is 18.0. The van der Waals surface area contributed by atoms with E-state index in [0.29, 0.717) is 11.9 Å². The van der Waals surface area contributed by atoms with Gasteiger partial charge in [0.2, 0.25) is 5.91 Å². The van der Waals surface area contributed by atoms with E-state index >= 15 is 0 Å². The molecule has 0 aromatic carbocycles. The molecular formula is C13H27IN4O2S. The Bertz CT molecular complexity index is 323. The van der Waals surface area contributed by atoms with Crippen molar-refractivity contribution in [3.63, 3.8) is 0 Å². The summed E-state index contributed by atoms with van der Waals surface area (Å²) in [5.74, 6) is 2.25. The second kappa shape index (κ2) is 12.3. The third-order valence-electron chi connectivity index (χ3n) is 3.05. The Morgan fingerprint density at radius 2 is 2.19 bits per heavy atom. The van der Waals surface area contributed by atoms with Crippen LogP contribution >= 0.6 is 35.7 Å². The molecule has 0 radical (unpaired) electrons. The summed E-state index contributed by atoms with van der Waals surface area (Å²) >= 11 is 1.78. The summed E-state index contributed by atoms with van der Waals surface area (Å²) in [7, 11) is 3.48. The van der Waals surface area contributed by atoms with Crippen LogP contribution in [0.25, 0.3) is 0 Å². The first-order chi connectivity index (χ1) is 9.63. The number of hydrogen-bond donors (Lipinski definition) is 2. The van der Waals surface area contributed by atoms with Crippen molar-refractivity contribution in [2.24, 2.45) is 10.9 Å². The summed E-state index contributed by atoms with van der Waals surface area (Å²) < 4.78 is 5.35. The van der Waals surface area contributed by atoms with E-state index in [1.54, 1.807) is 30.8 Å². The molecule has 1 rings (SSSR count). The number of carbonyl (C=O) groups is 1. The van der Waals surface area contributed by atoms with Gasteiger partial charge >= 0.3 is 0 Å². The van der Waals surface area contributed by atoms with E-state index in [2.05, 4.69) is 21.9 Å². The number of guanidine groups is 1. The Hall–Kier alpha value is -0.220. The summed E-state index contributed by atoms with van der Waals surface area (Å²) in [6.45, 7) is 3.49. The van der Waals surface area contributed by atoms with Crippen molar-refractivity contribution in [2.75, 3.05) is 59.0 Å². The number of ether oxygens (including phenoxy) is 1. The minimum Gasteiger partial charge on any atom is -0.381 e. The number of likely N-dealkylation sites (N-methyl/N-ethyl adjacent to an activating group) is 1. The quantitative estimate of drug-likeness (QED) is 0.269. The van der Waals surface area contributed by atoms with E-state index in [4.69, 9.17) is 4.74 Å². The standard InChI is InChI=1S/C13H26N4O2S.HI/c1-17(2)12(18)9-16-13(14-5-7-20-3)15-8-11-4-6-19-10-11;/h11H,4-10H2,1-3H3,(H2,14,15,16);1H. The van der Waals surface area contributed by atoms with Crippen LogP contribution in [0.4, 0.5) is 0 Å². The molecule has 1 heterocycles. The van der Waals surface area contributed by atoms with Gasteiger partial charge in [0.1, 0.15) is 6.54 Å². The Labute approximate surface area is 148 Å². The van der Waals surface area contributed by atoms with Crippen LogP contribution in [0, 0.1) is 5.92 Å². The van der Waals surface area contributed by atoms with Crippen LogP contribution in [0.5, 0.6) is 0 Å². The number of halogens is 1. The lowest BCUT2D eigenvalue weighted by atomic mass is 10.1. The van der Waals surface area contributed by atoms with Gasteiger partial charge in [-0.3, -0.25) is 4.79 Å². The molecule has 124 valence electrons. The lowest BCUT2D eigenvalue weighted by Gasteiger charge is -2.15. The second-order valence-corrected chi connectivity index (χ2v) is 5.97. The van der Waals surface area contributed by atoms with Gasteiger partial charge in [-0.1, -0.05) is 0 Å². The average Bonchev–Trinajstić information content (AvgIpc) is 2.94. The molecule has 0 aliphatic carbocycles. The molecular weight excluding hydrogens is 403 g/mol. The lowest BCUT2D eigenvalue weighted by Crippen LogP contribution is -2.41. The predicted molar refractivity (Wildman–Crippen MR) is 99.7 cm³/mol. The summed E-state index contributed by atoms with van der Waals surface area (Å²) in [4.78, 5) is 17.5. The molecule has 1 aliphatic rings. The van der Waals surface area contributed by atoms with Gasteiger partial charge in [0.25, 0.3) is 0 Å². The van der Waals surface area contributed by atoms with Crippen LogP contribution in [0.3, 0.4) is 0 Å². The molecule has 1 aliphatic heterocycles. The molecule has 8 heteroatoms. The highest BCUT2D eigenvalue weighted by Crippen LogP contribution is 2.10. The Kier molecular flexibility index (Phi) is 12.2. The third kappa shape index (κ3) is 9.41. The molecule has 1 unspecified atom stereocenters. The van der Waals surface area contributed by atoms with E-state index < -0.39 is 0 Å². The Balaban J connectivity index is 0.00000400. The van der Waals surface area contributed by atoms with E-state index in [0.717, 1.165) is 38.5 Å². The van der Waals surface area contributed by atoms with Crippen LogP contribution in [0.2, 0.25) is 0 Å². The van der Waals surface area contributed by atoms with E-state index in [1.807, 2.05) is 0 Å². The fourth-order valence-electron chi connectivity index (χ4n) is 1.72. The maximum absolute atomic E-state index is 11.6. The average molecular weight is 430 g/mol. The second-order valence-electron chi connectivity index (χ2n) is 4.98. The Morgan fingerprint density at radius 3 is 2.76 bits per heavy atom. The summed E-state index contributed by atoms with van der Waals surface area (Å²) in [5.41, 5.74) is 0. The summed E-state index contributed by atoms with van der Waals surface area (Å²) in [6, 6.07) is 0. The molecule has 0 aromatic heterocycles. The fourth-order valence-corrected chi connectivity index (χ4v) is 2.03. The van der Waals surface area contributed by atoms with Gasteiger partial charge in [0.05, 0.1) is 6.61 Å².